The molecule has 10 N–H and O–H groups in total. The van der Waals surface area contributed by atoms with Gasteiger partial charge >= 0.3 is 0 Å². The van der Waals surface area contributed by atoms with Crippen molar-refractivity contribution in [2.45, 2.75) is 61.2 Å². The van der Waals surface area contributed by atoms with E-state index < -0.39 is 102 Å². The maximum atomic E-state index is 13.3. The molecule has 2 aliphatic heterocycles. The number of rotatable bonds is 7. The lowest BCUT2D eigenvalue weighted by molar-refractivity contribution is -0.342. The van der Waals surface area contributed by atoms with E-state index in [1.165, 1.54) is 25.3 Å². The molecule has 4 unspecified atom stereocenters. The fourth-order valence-electron chi connectivity index (χ4n) is 5.37. The molecule has 3 heterocycles. The van der Waals surface area contributed by atoms with Crippen molar-refractivity contribution in [1.82, 2.24) is 0 Å². The van der Waals surface area contributed by atoms with Crippen molar-refractivity contribution in [2.24, 2.45) is 0 Å². The number of hydrogen-bond acceptors (Lipinski definition) is 16. The number of phenols is 3. The summed E-state index contributed by atoms with van der Waals surface area (Å²) in [4.78, 5) is 13.3. The summed E-state index contributed by atoms with van der Waals surface area (Å²) in [7, 11) is 1.33. The van der Waals surface area contributed by atoms with E-state index in [-0.39, 0.29) is 22.8 Å². The smallest absolute Gasteiger partial charge is 0.197 e. The van der Waals surface area contributed by atoms with Crippen LogP contribution in [0.4, 0.5) is 0 Å². The van der Waals surface area contributed by atoms with Crippen molar-refractivity contribution in [3.05, 3.63) is 46.1 Å². The highest BCUT2D eigenvalue weighted by Crippen LogP contribution is 2.46. The number of aliphatic hydroxyl groups excluding tert-OH is 7. The van der Waals surface area contributed by atoms with Crippen LogP contribution >= 0.6 is 0 Å². The Morgan fingerprint density at radius 2 is 1.45 bits per heavy atom. The first-order valence-corrected chi connectivity index (χ1v) is 13.4. The molecule has 5 rings (SSSR count). The Kier molecular flexibility index (Phi) is 9.01. The molecule has 2 aromatic carbocycles. The van der Waals surface area contributed by atoms with Crippen LogP contribution in [-0.2, 0) is 14.2 Å². The highest BCUT2D eigenvalue weighted by Gasteiger charge is 2.52. The summed E-state index contributed by atoms with van der Waals surface area (Å²) < 4.78 is 27.6. The van der Waals surface area contributed by atoms with Gasteiger partial charge in [-0.25, -0.2) is 0 Å². The molecule has 0 radical (unpaired) electrons. The predicted molar refractivity (Wildman–Crippen MR) is 145 cm³/mol. The quantitative estimate of drug-likeness (QED) is 0.135. The standard InChI is InChI=1S/C28H32O16/c1-40-14-4-9(2-3-10(14)31)13-5-11(32)18-15(41-13)6-12(33)19(22(18)36)26-27(24(38)21(35)16(7-29)42-26)44-28-25(39)23(37)20(34)17(8-30)43-28/h2-6,16-17,20-21,23-31,33-39H,7-8H2,1H3/t16?,17?,20-,21-,23+,24+,25?,26+,27?,28+/m1/s1. The molecular formula is C28H32O16. The Morgan fingerprint density at radius 1 is 0.795 bits per heavy atom. The van der Waals surface area contributed by atoms with E-state index >= 15 is 0 Å². The number of methoxy groups -OCH3 is 1. The van der Waals surface area contributed by atoms with Crippen LogP contribution in [0.2, 0.25) is 0 Å². The van der Waals surface area contributed by atoms with Crippen LogP contribution in [0, 0.1) is 0 Å². The lowest BCUT2D eigenvalue weighted by atomic mass is 9.89. The minimum Gasteiger partial charge on any atom is -0.507 e. The summed E-state index contributed by atoms with van der Waals surface area (Å²) >= 11 is 0. The fourth-order valence-corrected chi connectivity index (χ4v) is 5.37. The van der Waals surface area contributed by atoms with Gasteiger partial charge in [0.25, 0.3) is 0 Å². The lowest BCUT2D eigenvalue weighted by Crippen LogP contribution is -2.62. The molecule has 3 aromatic rings. The molecule has 240 valence electrons. The average Bonchev–Trinajstić information content (AvgIpc) is 3.00. The van der Waals surface area contributed by atoms with Crippen LogP contribution in [-0.4, -0.2) is 127 Å². The van der Waals surface area contributed by atoms with Crippen molar-refractivity contribution in [3.63, 3.8) is 0 Å². The molecule has 2 aliphatic rings. The maximum Gasteiger partial charge on any atom is 0.197 e. The van der Waals surface area contributed by atoms with Crippen molar-refractivity contribution in [1.29, 1.82) is 0 Å². The van der Waals surface area contributed by atoms with Crippen molar-refractivity contribution >= 4 is 11.0 Å². The maximum absolute atomic E-state index is 13.3. The van der Waals surface area contributed by atoms with E-state index in [2.05, 4.69) is 0 Å². The van der Waals surface area contributed by atoms with E-state index in [0.717, 1.165) is 12.1 Å². The Balaban J connectivity index is 1.59. The van der Waals surface area contributed by atoms with Crippen LogP contribution in [0.25, 0.3) is 22.3 Å². The Labute approximate surface area is 247 Å². The normalized spacial score (nSPS) is 32.5. The molecule has 0 aliphatic carbocycles. The zero-order chi connectivity index (χ0) is 32.0. The van der Waals surface area contributed by atoms with Gasteiger partial charge in [-0.1, -0.05) is 0 Å². The number of aliphatic hydroxyl groups is 7. The Bertz CT molecular complexity index is 1550. The number of aromatic hydroxyl groups is 3. The van der Waals surface area contributed by atoms with Gasteiger partial charge in [-0.15, -0.1) is 0 Å². The fraction of sp³-hybridized carbons (Fsp3) is 0.464. The molecule has 2 saturated heterocycles. The molecule has 1 aromatic heterocycles. The van der Waals surface area contributed by atoms with Crippen molar-refractivity contribution in [3.8, 4) is 34.3 Å². The zero-order valence-electron chi connectivity index (χ0n) is 23.0. The van der Waals surface area contributed by atoms with Gasteiger partial charge in [-0.2, -0.15) is 0 Å². The third-order valence-electron chi connectivity index (χ3n) is 7.77. The van der Waals surface area contributed by atoms with Crippen LogP contribution < -0.4 is 10.2 Å². The van der Waals surface area contributed by atoms with Crippen LogP contribution in [0.3, 0.4) is 0 Å². The van der Waals surface area contributed by atoms with Gasteiger partial charge < -0.3 is 74.4 Å². The summed E-state index contributed by atoms with van der Waals surface area (Å²) in [6.07, 6.45) is -17.5. The first kappa shape index (κ1) is 31.9. The largest absolute Gasteiger partial charge is 0.507 e. The number of phenolic OH excluding ortho intramolecular Hbond substituents is 3. The van der Waals surface area contributed by atoms with Gasteiger partial charge in [0, 0.05) is 17.7 Å². The summed E-state index contributed by atoms with van der Waals surface area (Å²) in [5.41, 5.74) is -1.27. The second kappa shape index (κ2) is 12.4. The Hall–Kier alpha value is -3.55. The van der Waals surface area contributed by atoms with Gasteiger partial charge in [0.1, 0.15) is 83.2 Å². The molecule has 10 atom stereocenters. The number of hydrogen-bond donors (Lipinski definition) is 10. The van der Waals surface area contributed by atoms with Crippen LogP contribution in [0.1, 0.15) is 11.7 Å². The molecule has 44 heavy (non-hydrogen) atoms. The zero-order valence-corrected chi connectivity index (χ0v) is 23.0. The van der Waals surface area contributed by atoms with E-state index in [1.807, 2.05) is 0 Å². The summed E-state index contributed by atoms with van der Waals surface area (Å²) in [5.74, 6) is -1.68. The molecule has 16 heteroatoms. The van der Waals surface area contributed by atoms with Gasteiger partial charge in [0.2, 0.25) is 0 Å². The molecule has 16 nitrogen and oxygen atoms in total. The number of ether oxygens (including phenoxy) is 4. The van der Waals surface area contributed by atoms with Gasteiger partial charge in [0.15, 0.2) is 23.2 Å². The molecule has 0 spiro atoms. The van der Waals surface area contributed by atoms with E-state index in [0.29, 0.717) is 5.56 Å². The third kappa shape index (κ3) is 5.45. The molecule has 0 bridgehead atoms. The summed E-state index contributed by atoms with van der Waals surface area (Å²) in [6.45, 7) is -1.63. The molecule has 0 amide bonds. The first-order valence-electron chi connectivity index (χ1n) is 13.4. The van der Waals surface area contributed by atoms with Crippen molar-refractivity contribution in [2.75, 3.05) is 20.3 Å². The van der Waals surface area contributed by atoms with Crippen LogP contribution in [0.15, 0.2) is 39.5 Å². The topological polar surface area (TPSA) is 269 Å². The third-order valence-corrected chi connectivity index (χ3v) is 7.77. The predicted octanol–water partition coefficient (Wildman–Crippen LogP) is -2.08. The van der Waals surface area contributed by atoms with Gasteiger partial charge in [0.05, 0.1) is 25.9 Å². The highest BCUT2D eigenvalue weighted by atomic mass is 16.7. The van der Waals surface area contributed by atoms with E-state index in [1.54, 1.807) is 0 Å². The van der Waals surface area contributed by atoms with E-state index in [9.17, 15) is 55.9 Å². The average molecular weight is 625 g/mol. The Morgan fingerprint density at radius 3 is 2.11 bits per heavy atom. The van der Waals surface area contributed by atoms with E-state index in [4.69, 9.17) is 23.4 Å². The second-order valence-electron chi connectivity index (χ2n) is 10.4. The van der Waals surface area contributed by atoms with Crippen LogP contribution in [0.5, 0.6) is 23.0 Å². The van der Waals surface area contributed by atoms with Crippen molar-refractivity contribution < 1.29 is 74.4 Å². The second-order valence-corrected chi connectivity index (χ2v) is 10.4. The van der Waals surface area contributed by atoms with Gasteiger partial charge in [-0.3, -0.25) is 4.79 Å². The van der Waals surface area contributed by atoms with Gasteiger partial charge in [-0.05, 0) is 18.2 Å². The summed E-state index contributed by atoms with van der Waals surface area (Å²) in [5, 5.41) is 103. The minimum absolute atomic E-state index is 0.0102. The number of fused-ring (bicyclic) bond motifs is 1. The molecule has 0 saturated carbocycles. The number of benzene rings is 2. The lowest BCUT2D eigenvalue weighted by Gasteiger charge is -2.46. The highest BCUT2D eigenvalue weighted by molar-refractivity contribution is 5.88. The monoisotopic (exact) mass is 624 g/mol. The minimum atomic E-state index is -1.93. The first-order chi connectivity index (χ1) is 20.9. The SMILES string of the molecule is COc1cc(-c2cc(=O)c3c(O)c([C@@H]4OC(CO)[C@@H](O)[C@H](O)C4O[C@@H]4OC(CO)[C@@H](O)[C@H](O)C4O)c(O)cc3o2)ccc1O. The summed E-state index contributed by atoms with van der Waals surface area (Å²) in [6, 6.07) is 6.16. The molecular weight excluding hydrogens is 592 g/mol. The molecule has 2 fully saturated rings.